The first-order valence-electron chi connectivity index (χ1n) is 9.19. The molecular formula is C21H21BrF4N2O. The highest BCUT2D eigenvalue weighted by atomic mass is 79.9. The maximum Gasteiger partial charge on any atom is 0.416 e. The Balaban J connectivity index is 1.91. The Kier molecular flexibility index (Phi) is 6.33. The maximum atomic E-state index is 13.7. The molecule has 3 nitrogen and oxygen atoms in total. The van der Waals surface area contributed by atoms with Crippen LogP contribution in [0.5, 0.6) is 0 Å². The largest absolute Gasteiger partial charge is 0.416 e. The van der Waals surface area contributed by atoms with Gasteiger partial charge in [-0.2, -0.15) is 13.2 Å². The van der Waals surface area contributed by atoms with E-state index in [9.17, 15) is 22.4 Å². The summed E-state index contributed by atoms with van der Waals surface area (Å²) >= 11 is 3.07. The monoisotopic (exact) mass is 472 g/mol. The summed E-state index contributed by atoms with van der Waals surface area (Å²) in [4.78, 5) is 14.5. The molecule has 1 heterocycles. The lowest BCUT2D eigenvalue weighted by Gasteiger charge is -2.39. The van der Waals surface area contributed by atoms with E-state index < -0.39 is 17.6 Å². The van der Waals surface area contributed by atoms with Gasteiger partial charge in [-0.1, -0.05) is 28.1 Å². The molecule has 0 radical (unpaired) electrons. The molecule has 1 amide bonds. The predicted molar refractivity (Wildman–Crippen MR) is 106 cm³/mol. The Morgan fingerprint density at radius 3 is 2.59 bits per heavy atom. The number of aryl methyl sites for hydroxylation is 1. The summed E-state index contributed by atoms with van der Waals surface area (Å²) in [6.07, 6.45) is -3.90. The number of carbonyl (C=O) groups is 1. The van der Waals surface area contributed by atoms with E-state index in [2.05, 4.69) is 21.2 Å². The van der Waals surface area contributed by atoms with Gasteiger partial charge in [0.1, 0.15) is 5.82 Å². The summed E-state index contributed by atoms with van der Waals surface area (Å²) in [5.41, 5.74) is 0.509. The molecule has 1 aliphatic rings. The van der Waals surface area contributed by atoms with Crippen molar-refractivity contribution in [1.82, 2.24) is 10.2 Å². The topological polar surface area (TPSA) is 32.3 Å². The fourth-order valence-electron chi connectivity index (χ4n) is 3.78. The molecule has 2 aromatic carbocycles. The van der Waals surface area contributed by atoms with E-state index in [-0.39, 0.29) is 27.8 Å². The van der Waals surface area contributed by atoms with Crippen LogP contribution < -0.4 is 5.32 Å². The Labute approximate surface area is 175 Å². The fraction of sp³-hybridized carbons (Fsp3) is 0.381. The highest BCUT2D eigenvalue weighted by molar-refractivity contribution is 9.10. The van der Waals surface area contributed by atoms with Crippen LogP contribution in [0.15, 0.2) is 40.9 Å². The van der Waals surface area contributed by atoms with Crippen molar-refractivity contribution >= 4 is 21.8 Å². The van der Waals surface area contributed by atoms with E-state index in [1.54, 1.807) is 26.1 Å². The van der Waals surface area contributed by atoms with Gasteiger partial charge in [0.25, 0.3) is 5.91 Å². The van der Waals surface area contributed by atoms with Gasteiger partial charge in [0.15, 0.2) is 0 Å². The highest BCUT2D eigenvalue weighted by Gasteiger charge is 2.35. The second kappa shape index (κ2) is 8.44. The zero-order chi connectivity index (χ0) is 21.3. The lowest BCUT2D eigenvalue weighted by Crippen LogP contribution is -2.49. The Morgan fingerprint density at radius 2 is 1.93 bits per heavy atom. The molecule has 1 N–H and O–H groups in total. The molecule has 156 valence electrons. The third-order valence-electron chi connectivity index (χ3n) is 5.35. The van der Waals surface area contributed by atoms with Crippen LogP contribution in [0.25, 0.3) is 0 Å². The number of piperidine rings is 1. The van der Waals surface area contributed by atoms with Gasteiger partial charge in [0.2, 0.25) is 0 Å². The molecule has 0 bridgehead atoms. The zero-order valence-electron chi connectivity index (χ0n) is 16.0. The molecule has 8 heteroatoms. The Hall–Kier alpha value is -1.93. The van der Waals surface area contributed by atoms with Gasteiger partial charge in [-0.15, -0.1) is 0 Å². The van der Waals surface area contributed by atoms with Gasteiger partial charge < -0.3 is 10.2 Å². The average Bonchev–Trinajstić information content (AvgIpc) is 2.68. The van der Waals surface area contributed by atoms with Crippen LogP contribution in [0.4, 0.5) is 17.6 Å². The molecule has 1 aliphatic heterocycles. The SMILES string of the molecule is Cc1cc(C2CNCCC2N(C)C(=O)c2cc(Br)cc(C(F)(F)F)c2)ccc1F. The van der Waals surface area contributed by atoms with Crippen LogP contribution in [0.2, 0.25) is 0 Å². The van der Waals surface area contributed by atoms with E-state index in [1.165, 1.54) is 17.0 Å². The molecule has 0 saturated carbocycles. The van der Waals surface area contributed by atoms with Crippen molar-refractivity contribution in [1.29, 1.82) is 0 Å². The second-order valence-electron chi connectivity index (χ2n) is 7.32. The summed E-state index contributed by atoms with van der Waals surface area (Å²) in [6.45, 7) is 2.96. The van der Waals surface area contributed by atoms with Crippen LogP contribution in [-0.4, -0.2) is 37.0 Å². The van der Waals surface area contributed by atoms with E-state index in [1.807, 2.05) is 0 Å². The number of alkyl halides is 3. The number of hydrogen-bond donors (Lipinski definition) is 1. The normalized spacial score (nSPS) is 19.8. The number of nitrogens with zero attached hydrogens (tertiary/aromatic N) is 1. The number of amides is 1. The molecule has 2 unspecified atom stereocenters. The summed E-state index contributed by atoms with van der Waals surface area (Å²) in [6, 6.07) is 7.87. The highest BCUT2D eigenvalue weighted by Crippen LogP contribution is 2.33. The summed E-state index contributed by atoms with van der Waals surface area (Å²) in [5, 5.41) is 3.28. The van der Waals surface area contributed by atoms with Crippen molar-refractivity contribution in [2.75, 3.05) is 20.1 Å². The molecule has 1 fully saturated rings. The molecule has 1 saturated heterocycles. The van der Waals surface area contributed by atoms with Crippen molar-refractivity contribution in [3.8, 4) is 0 Å². The van der Waals surface area contributed by atoms with E-state index in [4.69, 9.17) is 0 Å². The Morgan fingerprint density at radius 1 is 1.21 bits per heavy atom. The quantitative estimate of drug-likeness (QED) is 0.627. The van der Waals surface area contributed by atoms with E-state index in [0.29, 0.717) is 25.1 Å². The first kappa shape index (κ1) is 21.8. The average molecular weight is 473 g/mol. The summed E-state index contributed by atoms with van der Waals surface area (Å²) in [7, 11) is 1.61. The van der Waals surface area contributed by atoms with Crippen molar-refractivity contribution in [2.24, 2.45) is 0 Å². The molecular weight excluding hydrogens is 452 g/mol. The molecule has 29 heavy (non-hydrogen) atoms. The van der Waals surface area contributed by atoms with E-state index >= 15 is 0 Å². The van der Waals surface area contributed by atoms with Crippen LogP contribution in [0.3, 0.4) is 0 Å². The summed E-state index contributed by atoms with van der Waals surface area (Å²) < 4.78 is 53.3. The van der Waals surface area contributed by atoms with Crippen LogP contribution in [0, 0.1) is 12.7 Å². The lowest BCUT2D eigenvalue weighted by molar-refractivity contribution is -0.137. The minimum Gasteiger partial charge on any atom is -0.338 e. The molecule has 0 aromatic heterocycles. The maximum absolute atomic E-state index is 13.7. The van der Waals surface area contributed by atoms with Crippen molar-refractivity contribution in [2.45, 2.75) is 31.5 Å². The number of halogens is 5. The molecule has 2 aromatic rings. The van der Waals surface area contributed by atoms with Crippen LogP contribution >= 0.6 is 15.9 Å². The minimum absolute atomic E-state index is 0.0261. The van der Waals surface area contributed by atoms with Crippen molar-refractivity contribution in [3.63, 3.8) is 0 Å². The van der Waals surface area contributed by atoms with Gasteiger partial charge in [0.05, 0.1) is 5.56 Å². The van der Waals surface area contributed by atoms with Crippen LogP contribution in [-0.2, 0) is 6.18 Å². The zero-order valence-corrected chi connectivity index (χ0v) is 17.6. The first-order valence-corrected chi connectivity index (χ1v) is 9.99. The lowest BCUT2D eigenvalue weighted by atomic mass is 9.85. The molecule has 2 atom stereocenters. The van der Waals surface area contributed by atoms with Crippen LogP contribution in [0.1, 0.15) is 39.4 Å². The first-order chi connectivity index (χ1) is 13.6. The van der Waals surface area contributed by atoms with Crippen molar-refractivity contribution < 1.29 is 22.4 Å². The smallest absolute Gasteiger partial charge is 0.338 e. The number of rotatable bonds is 3. The molecule has 3 rings (SSSR count). The number of carbonyl (C=O) groups excluding carboxylic acids is 1. The minimum atomic E-state index is -4.54. The molecule has 0 aliphatic carbocycles. The second-order valence-corrected chi connectivity index (χ2v) is 8.23. The standard InChI is InChI=1S/C21H21BrF4N2O/c1-12-7-13(3-4-18(12)23)17-11-27-6-5-19(17)28(2)20(29)14-8-15(21(24,25)26)10-16(22)9-14/h3-4,7-10,17,19,27H,5-6,11H2,1-2H3. The van der Waals surface area contributed by atoms with Gasteiger partial charge >= 0.3 is 6.18 Å². The number of benzene rings is 2. The number of nitrogens with one attached hydrogen (secondary N) is 1. The number of likely N-dealkylation sites (N-methyl/N-ethyl adjacent to an activating group) is 1. The van der Waals surface area contributed by atoms with Gasteiger partial charge in [0, 0.05) is 35.6 Å². The number of hydrogen-bond acceptors (Lipinski definition) is 2. The predicted octanol–water partition coefficient (Wildman–Crippen LogP) is 5.13. The Bertz CT molecular complexity index is 916. The third-order valence-corrected chi connectivity index (χ3v) is 5.80. The molecule has 0 spiro atoms. The summed E-state index contributed by atoms with van der Waals surface area (Å²) in [5.74, 6) is -0.869. The fourth-order valence-corrected chi connectivity index (χ4v) is 4.27. The van der Waals surface area contributed by atoms with E-state index in [0.717, 1.165) is 17.7 Å². The van der Waals surface area contributed by atoms with Gasteiger partial charge in [-0.05, 0) is 55.3 Å². The third kappa shape index (κ3) is 4.80. The van der Waals surface area contributed by atoms with Crippen molar-refractivity contribution in [3.05, 3.63) is 68.9 Å². The van der Waals surface area contributed by atoms with Gasteiger partial charge in [-0.3, -0.25) is 4.79 Å². The van der Waals surface area contributed by atoms with Gasteiger partial charge in [-0.25, -0.2) is 4.39 Å².